The molecule has 0 aromatic heterocycles. The van der Waals surface area contributed by atoms with E-state index >= 15 is 0 Å². The van der Waals surface area contributed by atoms with Crippen LogP contribution in [0.4, 0.5) is 5.69 Å². The Morgan fingerprint density at radius 1 is 1.04 bits per heavy atom. The second-order valence-electron chi connectivity index (χ2n) is 6.37. The summed E-state index contributed by atoms with van der Waals surface area (Å²) in [5, 5.41) is 19.2. The van der Waals surface area contributed by atoms with Gasteiger partial charge in [0.25, 0.3) is 0 Å². The van der Waals surface area contributed by atoms with Crippen LogP contribution < -0.4 is 14.4 Å². The van der Waals surface area contributed by atoms with E-state index in [0.717, 1.165) is 23.2 Å². The molecule has 0 spiro atoms. The summed E-state index contributed by atoms with van der Waals surface area (Å²) in [6.07, 6.45) is 2.79. The maximum absolute atomic E-state index is 10.6. The van der Waals surface area contributed by atoms with Crippen molar-refractivity contribution in [2.24, 2.45) is 0 Å². The summed E-state index contributed by atoms with van der Waals surface area (Å²) in [5.41, 5.74) is 4.71. The van der Waals surface area contributed by atoms with Crippen LogP contribution in [0.1, 0.15) is 11.1 Å². The quantitative estimate of drug-likeness (QED) is 0.878. The predicted molar refractivity (Wildman–Crippen MR) is 102 cm³/mol. The monoisotopic (exact) mass is 348 g/mol. The van der Waals surface area contributed by atoms with Gasteiger partial charge in [-0.3, -0.25) is 5.41 Å². The fourth-order valence-corrected chi connectivity index (χ4v) is 3.53. The van der Waals surface area contributed by atoms with Crippen molar-refractivity contribution in [3.8, 4) is 11.5 Å². The number of rotatable bonds is 4. The lowest BCUT2D eigenvalue weighted by atomic mass is 10.0. The summed E-state index contributed by atoms with van der Waals surface area (Å²) in [6, 6.07) is 13.6. The van der Waals surface area contributed by atoms with Gasteiger partial charge in [-0.2, -0.15) is 0 Å². The van der Waals surface area contributed by atoms with Gasteiger partial charge in [-0.15, -0.1) is 0 Å². The highest BCUT2D eigenvalue weighted by atomic mass is 16.5. The van der Waals surface area contributed by atoms with Crippen molar-refractivity contribution in [1.82, 2.24) is 0 Å². The van der Waals surface area contributed by atoms with Crippen LogP contribution in [0.3, 0.4) is 0 Å². The molecule has 0 radical (unpaired) electrons. The molecule has 0 atom stereocenters. The second kappa shape index (κ2) is 6.26. The largest absolute Gasteiger partial charge is 0.510 e. The number of hydrogen-bond donors (Lipinski definition) is 2. The van der Waals surface area contributed by atoms with Gasteiger partial charge in [0, 0.05) is 18.2 Å². The number of methoxy groups -OCH3 is 2. The SMILES string of the molecule is COc1cc(OC)cc(N2CC(O)=C(C3=Cc4ccccc4C3)C2=N)c1. The molecule has 0 bridgehead atoms. The van der Waals surface area contributed by atoms with Crippen LogP contribution in [0, 0.1) is 5.41 Å². The van der Waals surface area contributed by atoms with E-state index in [1.807, 2.05) is 24.3 Å². The number of nitrogens with one attached hydrogen (secondary N) is 1. The number of ether oxygens (including phenoxy) is 2. The summed E-state index contributed by atoms with van der Waals surface area (Å²) in [6.45, 7) is 0.262. The Kier molecular flexibility index (Phi) is 3.92. The maximum Gasteiger partial charge on any atom is 0.136 e. The number of benzene rings is 2. The van der Waals surface area contributed by atoms with Crippen LogP contribution in [-0.4, -0.2) is 31.7 Å². The van der Waals surface area contributed by atoms with Gasteiger partial charge in [0.1, 0.15) is 23.1 Å². The molecule has 132 valence electrons. The number of hydrogen-bond acceptors (Lipinski definition) is 4. The summed E-state index contributed by atoms with van der Waals surface area (Å²) in [4.78, 5) is 1.76. The molecule has 1 aliphatic carbocycles. The summed E-state index contributed by atoms with van der Waals surface area (Å²) >= 11 is 0. The van der Waals surface area contributed by atoms with E-state index in [9.17, 15) is 5.11 Å². The molecular weight excluding hydrogens is 328 g/mol. The van der Waals surface area contributed by atoms with Crippen LogP contribution in [0.25, 0.3) is 6.08 Å². The van der Waals surface area contributed by atoms with E-state index < -0.39 is 0 Å². The van der Waals surface area contributed by atoms with Gasteiger partial charge in [0.15, 0.2) is 0 Å². The van der Waals surface area contributed by atoms with Crippen LogP contribution in [0.15, 0.2) is 59.4 Å². The fraction of sp³-hybridized carbons (Fsp3) is 0.190. The number of fused-ring (bicyclic) bond motifs is 1. The Morgan fingerprint density at radius 2 is 1.73 bits per heavy atom. The molecule has 0 saturated carbocycles. The van der Waals surface area contributed by atoms with E-state index in [-0.39, 0.29) is 18.1 Å². The van der Waals surface area contributed by atoms with E-state index in [2.05, 4.69) is 18.2 Å². The third-order valence-electron chi connectivity index (χ3n) is 4.84. The van der Waals surface area contributed by atoms with Crippen molar-refractivity contribution >= 4 is 17.6 Å². The van der Waals surface area contributed by atoms with Gasteiger partial charge in [-0.1, -0.05) is 30.3 Å². The van der Waals surface area contributed by atoms with Crippen molar-refractivity contribution in [2.75, 3.05) is 25.7 Å². The van der Waals surface area contributed by atoms with Crippen molar-refractivity contribution in [2.45, 2.75) is 6.42 Å². The van der Waals surface area contributed by atoms with Crippen molar-refractivity contribution < 1.29 is 14.6 Å². The number of nitrogens with zero attached hydrogens (tertiary/aromatic N) is 1. The molecule has 2 aromatic rings. The topological polar surface area (TPSA) is 65.8 Å². The van der Waals surface area contributed by atoms with Gasteiger partial charge < -0.3 is 19.5 Å². The Balaban J connectivity index is 1.66. The first kappa shape index (κ1) is 16.3. The molecule has 0 fully saturated rings. The summed E-state index contributed by atoms with van der Waals surface area (Å²) in [7, 11) is 3.19. The molecule has 1 heterocycles. The van der Waals surface area contributed by atoms with Gasteiger partial charge >= 0.3 is 0 Å². The minimum atomic E-state index is 0.218. The zero-order valence-corrected chi connectivity index (χ0v) is 14.7. The van der Waals surface area contributed by atoms with E-state index in [1.165, 1.54) is 5.56 Å². The van der Waals surface area contributed by atoms with Gasteiger partial charge in [0.2, 0.25) is 0 Å². The molecule has 0 unspecified atom stereocenters. The highest BCUT2D eigenvalue weighted by Crippen LogP contribution is 2.37. The van der Waals surface area contributed by atoms with Crippen molar-refractivity contribution in [1.29, 1.82) is 5.41 Å². The van der Waals surface area contributed by atoms with Crippen LogP contribution in [0.2, 0.25) is 0 Å². The Hall–Kier alpha value is -3.21. The number of aliphatic hydroxyl groups is 1. The van der Waals surface area contributed by atoms with Gasteiger partial charge in [-0.25, -0.2) is 0 Å². The minimum absolute atomic E-state index is 0.218. The summed E-state index contributed by atoms with van der Waals surface area (Å²) < 4.78 is 10.6. The normalized spacial score (nSPS) is 16.0. The van der Waals surface area contributed by atoms with E-state index in [4.69, 9.17) is 14.9 Å². The lowest BCUT2D eigenvalue weighted by molar-refractivity contribution is 0.393. The molecule has 2 aromatic carbocycles. The standard InChI is InChI=1S/C21H20N2O3/c1-25-17-9-16(10-18(11-17)26-2)23-12-19(24)20(21(23)22)15-7-13-5-3-4-6-14(13)8-15/h3-7,9-11,22,24H,8,12H2,1-2H3. The molecule has 1 aliphatic heterocycles. The zero-order valence-electron chi connectivity index (χ0n) is 14.7. The first-order chi connectivity index (χ1) is 12.6. The maximum atomic E-state index is 10.6. The zero-order chi connectivity index (χ0) is 18.3. The first-order valence-electron chi connectivity index (χ1n) is 8.41. The molecule has 5 heteroatoms. The third kappa shape index (κ3) is 2.62. The number of amidine groups is 1. The summed E-state index contributed by atoms with van der Waals surface area (Å²) in [5.74, 6) is 1.80. The molecule has 5 nitrogen and oxygen atoms in total. The van der Waals surface area contributed by atoms with Gasteiger partial charge in [-0.05, 0) is 23.1 Å². The fourth-order valence-electron chi connectivity index (χ4n) is 3.53. The minimum Gasteiger partial charge on any atom is -0.510 e. The van der Waals surface area contributed by atoms with E-state index in [0.29, 0.717) is 17.1 Å². The smallest absolute Gasteiger partial charge is 0.136 e. The van der Waals surface area contributed by atoms with Crippen LogP contribution in [-0.2, 0) is 6.42 Å². The number of anilines is 1. The van der Waals surface area contributed by atoms with Crippen LogP contribution in [0.5, 0.6) is 11.5 Å². The lowest BCUT2D eigenvalue weighted by Crippen LogP contribution is -2.26. The average molecular weight is 348 g/mol. The highest BCUT2D eigenvalue weighted by Gasteiger charge is 2.32. The molecule has 0 amide bonds. The Bertz CT molecular complexity index is 937. The molecule has 2 N–H and O–H groups in total. The van der Waals surface area contributed by atoms with Gasteiger partial charge in [0.05, 0.1) is 32.0 Å². The molecule has 4 rings (SSSR count). The third-order valence-corrected chi connectivity index (χ3v) is 4.84. The van der Waals surface area contributed by atoms with Crippen LogP contribution >= 0.6 is 0 Å². The lowest BCUT2D eigenvalue weighted by Gasteiger charge is -2.20. The molecule has 2 aliphatic rings. The Morgan fingerprint density at radius 3 is 2.38 bits per heavy atom. The van der Waals surface area contributed by atoms with E-state index in [1.54, 1.807) is 25.2 Å². The van der Waals surface area contributed by atoms with Crippen molar-refractivity contribution in [3.05, 3.63) is 70.5 Å². The average Bonchev–Trinajstić information content (AvgIpc) is 3.21. The highest BCUT2D eigenvalue weighted by molar-refractivity contribution is 6.14. The molecule has 26 heavy (non-hydrogen) atoms. The first-order valence-corrected chi connectivity index (χ1v) is 8.41. The molecular formula is C21H20N2O3. The molecule has 0 saturated heterocycles. The predicted octanol–water partition coefficient (Wildman–Crippen LogP) is 3.95. The second-order valence-corrected chi connectivity index (χ2v) is 6.37. The number of aliphatic hydroxyl groups excluding tert-OH is 1. The van der Waals surface area contributed by atoms with Crippen molar-refractivity contribution in [3.63, 3.8) is 0 Å². The Labute approximate surface area is 152 Å².